The molecular weight excluding hydrogens is 516 g/mol. The van der Waals surface area contributed by atoms with E-state index in [2.05, 4.69) is 22.5 Å². The zero-order valence-electron chi connectivity index (χ0n) is 23.0. The lowest BCUT2D eigenvalue weighted by Gasteiger charge is -2.40. The Morgan fingerprint density at radius 2 is 1.87 bits per heavy atom. The Balaban J connectivity index is 1.44. The normalized spacial score (nSPS) is 32.7. The molecule has 9 nitrogen and oxygen atoms in total. The highest BCUT2D eigenvalue weighted by molar-refractivity contribution is 8.02. The Bertz CT molecular complexity index is 1040. The molecule has 7 atom stereocenters. The number of likely N-dealkylation sites (tertiary alicyclic amines) is 1. The summed E-state index contributed by atoms with van der Waals surface area (Å²) in [7, 11) is 0. The summed E-state index contributed by atoms with van der Waals surface area (Å²) in [4.78, 5) is 45.8. The van der Waals surface area contributed by atoms with Crippen LogP contribution in [-0.4, -0.2) is 107 Å². The molecule has 4 heterocycles. The van der Waals surface area contributed by atoms with E-state index in [1.54, 1.807) is 16.7 Å². The van der Waals surface area contributed by atoms with E-state index in [9.17, 15) is 19.5 Å². The van der Waals surface area contributed by atoms with Crippen molar-refractivity contribution >= 4 is 29.5 Å². The van der Waals surface area contributed by atoms with Gasteiger partial charge in [-0.3, -0.25) is 19.3 Å². The van der Waals surface area contributed by atoms with E-state index in [1.165, 1.54) is 0 Å². The van der Waals surface area contributed by atoms with Crippen LogP contribution in [0.3, 0.4) is 0 Å². The van der Waals surface area contributed by atoms with E-state index in [4.69, 9.17) is 4.74 Å². The van der Waals surface area contributed by atoms with Crippen molar-refractivity contribution in [3.05, 3.63) is 35.9 Å². The summed E-state index contributed by atoms with van der Waals surface area (Å²) >= 11 is 1.67. The van der Waals surface area contributed by atoms with Gasteiger partial charge in [0, 0.05) is 38.0 Å². The molecule has 3 unspecified atom stereocenters. The Morgan fingerprint density at radius 3 is 2.56 bits per heavy atom. The number of aliphatic hydroxyl groups is 1. The number of thioether (sulfide) groups is 1. The number of benzene rings is 1. The van der Waals surface area contributed by atoms with E-state index >= 15 is 0 Å². The highest BCUT2D eigenvalue weighted by Crippen LogP contribution is 2.68. The van der Waals surface area contributed by atoms with Crippen molar-refractivity contribution in [3.63, 3.8) is 0 Å². The van der Waals surface area contributed by atoms with Crippen molar-refractivity contribution in [2.45, 2.75) is 55.2 Å². The molecule has 1 aromatic carbocycles. The lowest BCUT2D eigenvalue weighted by Crippen LogP contribution is -2.59. The predicted molar refractivity (Wildman–Crippen MR) is 150 cm³/mol. The van der Waals surface area contributed by atoms with Gasteiger partial charge in [-0.25, -0.2) is 0 Å². The molecule has 39 heavy (non-hydrogen) atoms. The molecule has 4 aliphatic rings. The molecule has 1 spiro atoms. The van der Waals surface area contributed by atoms with Crippen LogP contribution in [0, 0.1) is 17.8 Å². The number of morpholine rings is 1. The second-order valence-corrected chi connectivity index (χ2v) is 12.9. The van der Waals surface area contributed by atoms with Gasteiger partial charge in [0.05, 0.1) is 42.4 Å². The van der Waals surface area contributed by atoms with Crippen molar-refractivity contribution < 1.29 is 24.2 Å². The number of nitrogens with zero attached hydrogens (tertiary/aromatic N) is 2. The number of hydrogen-bond acceptors (Lipinski definition) is 7. The fourth-order valence-electron chi connectivity index (χ4n) is 7.21. The zero-order chi connectivity index (χ0) is 27.6. The maximum absolute atomic E-state index is 14.4. The van der Waals surface area contributed by atoms with Crippen LogP contribution < -0.4 is 10.6 Å². The predicted octanol–water partition coefficient (Wildman–Crippen LogP) is 0.902. The standard InChI is InChI=1S/C29H42N4O5S/c1-3-9-30-26(35)23-22-16-19(2)29(39-22)24(23)28(37)33(21(18-34)17-20-7-5-4-6-8-20)25(29)27(36)31-10-11-32-12-14-38-15-13-32/h4-8,19,21-25,34H,3,9-18H2,1-2H3,(H,30,35)(H,31,36)/t19?,21-,22+,23-,24+,25?,29?/m1/s1. The molecule has 0 saturated carbocycles. The van der Waals surface area contributed by atoms with Gasteiger partial charge in [0.1, 0.15) is 6.04 Å². The van der Waals surface area contributed by atoms with Crippen molar-refractivity contribution in [2.24, 2.45) is 17.8 Å². The van der Waals surface area contributed by atoms with E-state index < -0.39 is 28.7 Å². The van der Waals surface area contributed by atoms with E-state index in [1.807, 2.05) is 37.3 Å². The highest BCUT2D eigenvalue weighted by atomic mass is 32.2. The van der Waals surface area contributed by atoms with Gasteiger partial charge in [-0.15, -0.1) is 11.8 Å². The van der Waals surface area contributed by atoms with Gasteiger partial charge in [-0.1, -0.05) is 44.2 Å². The zero-order valence-corrected chi connectivity index (χ0v) is 23.8. The van der Waals surface area contributed by atoms with E-state index in [0.717, 1.165) is 31.5 Å². The number of ether oxygens (including phenoxy) is 1. The van der Waals surface area contributed by atoms with Crippen LogP contribution in [0.4, 0.5) is 0 Å². The van der Waals surface area contributed by atoms with Gasteiger partial charge in [-0.05, 0) is 30.7 Å². The minimum absolute atomic E-state index is 0.0123. The second kappa shape index (κ2) is 12.2. The SMILES string of the molecule is CCCNC(=O)[C@@H]1[C@@H]2CC(C)C3(S2)C(C(=O)NCCN2CCOCC2)N([C@@H](CO)Cc2ccccc2)C(=O)[C@H]13. The molecular formula is C29H42N4O5S. The number of fused-ring (bicyclic) bond motifs is 1. The number of amides is 3. The first-order valence-electron chi connectivity index (χ1n) is 14.4. The highest BCUT2D eigenvalue weighted by Gasteiger charge is 2.76. The fraction of sp³-hybridized carbons (Fsp3) is 0.690. The summed E-state index contributed by atoms with van der Waals surface area (Å²) < 4.78 is 4.74. The lowest BCUT2D eigenvalue weighted by atomic mass is 9.66. The first-order valence-corrected chi connectivity index (χ1v) is 15.3. The van der Waals surface area contributed by atoms with Crippen molar-refractivity contribution in [1.82, 2.24) is 20.4 Å². The van der Waals surface area contributed by atoms with Crippen LogP contribution in [0.15, 0.2) is 30.3 Å². The largest absolute Gasteiger partial charge is 0.394 e. The van der Waals surface area contributed by atoms with E-state index in [-0.39, 0.29) is 35.5 Å². The number of aliphatic hydroxyl groups excluding tert-OH is 1. The summed E-state index contributed by atoms with van der Waals surface area (Å²) in [6.45, 7) is 8.69. The number of carbonyl (C=O) groups is 3. The van der Waals surface area contributed by atoms with Crippen LogP contribution in [0.2, 0.25) is 0 Å². The smallest absolute Gasteiger partial charge is 0.244 e. The molecule has 4 fully saturated rings. The third-order valence-electron chi connectivity index (χ3n) is 9.03. The maximum Gasteiger partial charge on any atom is 0.244 e. The van der Waals surface area contributed by atoms with Crippen LogP contribution in [0.1, 0.15) is 32.3 Å². The Labute approximate surface area is 235 Å². The monoisotopic (exact) mass is 558 g/mol. The first kappa shape index (κ1) is 28.4. The third kappa shape index (κ3) is 5.21. The Hall–Kier alpha value is -2.14. The van der Waals surface area contributed by atoms with Crippen LogP contribution in [0.5, 0.6) is 0 Å². The molecule has 0 aromatic heterocycles. The van der Waals surface area contributed by atoms with Crippen molar-refractivity contribution in [2.75, 3.05) is 52.5 Å². The third-order valence-corrected chi connectivity index (χ3v) is 11.1. The number of nitrogens with one attached hydrogen (secondary N) is 2. The Morgan fingerprint density at radius 1 is 1.15 bits per heavy atom. The summed E-state index contributed by atoms with van der Waals surface area (Å²) in [5.74, 6) is -1.38. The van der Waals surface area contributed by atoms with Crippen molar-refractivity contribution in [3.8, 4) is 0 Å². The minimum atomic E-state index is -0.741. The molecule has 1 aromatic rings. The summed E-state index contributed by atoms with van der Waals surface area (Å²) in [5, 5.41) is 16.8. The molecule has 3 amide bonds. The van der Waals surface area contributed by atoms with Crippen molar-refractivity contribution in [1.29, 1.82) is 0 Å². The Kier molecular flexibility index (Phi) is 8.85. The number of rotatable bonds is 11. The van der Waals surface area contributed by atoms with Gasteiger partial charge < -0.3 is 25.4 Å². The lowest BCUT2D eigenvalue weighted by molar-refractivity contribution is -0.142. The second-order valence-electron chi connectivity index (χ2n) is 11.4. The summed E-state index contributed by atoms with van der Waals surface area (Å²) in [6, 6.07) is 8.46. The molecule has 5 rings (SSSR count). The maximum atomic E-state index is 14.4. The molecule has 2 bridgehead atoms. The average molecular weight is 559 g/mol. The molecule has 4 aliphatic heterocycles. The van der Waals surface area contributed by atoms with Gasteiger partial charge in [0.15, 0.2) is 0 Å². The van der Waals surface area contributed by atoms with Crippen LogP contribution >= 0.6 is 11.8 Å². The quantitative estimate of drug-likeness (QED) is 0.370. The molecule has 0 radical (unpaired) electrons. The van der Waals surface area contributed by atoms with Gasteiger partial charge in [0.2, 0.25) is 17.7 Å². The molecule has 3 N–H and O–H groups in total. The summed E-state index contributed by atoms with van der Waals surface area (Å²) in [6.07, 6.45) is 2.06. The average Bonchev–Trinajstić information content (AvgIpc) is 3.55. The number of carbonyl (C=O) groups excluding carboxylic acids is 3. The molecule has 4 saturated heterocycles. The van der Waals surface area contributed by atoms with Crippen LogP contribution in [-0.2, 0) is 25.5 Å². The van der Waals surface area contributed by atoms with Gasteiger partial charge in [-0.2, -0.15) is 0 Å². The minimum Gasteiger partial charge on any atom is -0.394 e. The molecule has 214 valence electrons. The molecule has 10 heteroatoms. The van der Waals surface area contributed by atoms with E-state index in [0.29, 0.717) is 39.3 Å². The number of hydrogen-bond donors (Lipinski definition) is 3. The van der Waals surface area contributed by atoms with Gasteiger partial charge in [0.25, 0.3) is 0 Å². The van der Waals surface area contributed by atoms with Crippen LogP contribution in [0.25, 0.3) is 0 Å². The summed E-state index contributed by atoms with van der Waals surface area (Å²) in [5.41, 5.74) is 0.993. The fourth-order valence-corrected chi connectivity index (χ4v) is 9.62. The topological polar surface area (TPSA) is 111 Å². The first-order chi connectivity index (χ1) is 18.9. The van der Waals surface area contributed by atoms with Gasteiger partial charge >= 0.3 is 0 Å². The molecule has 0 aliphatic carbocycles.